The predicted octanol–water partition coefficient (Wildman–Crippen LogP) is 1.98. The van der Waals surface area contributed by atoms with E-state index in [0.717, 1.165) is 6.07 Å². The maximum Gasteiger partial charge on any atom is 0.366 e. The van der Waals surface area contributed by atoms with E-state index in [1.54, 1.807) is 0 Å². The molecule has 0 radical (unpaired) electrons. The van der Waals surface area contributed by atoms with Crippen molar-refractivity contribution in [2.75, 3.05) is 0 Å². The average Bonchev–Trinajstić information content (AvgIpc) is 2.59. The summed E-state index contributed by atoms with van der Waals surface area (Å²) >= 11 is 0. The molecule has 0 heterocycles. The van der Waals surface area contributed by atoms with Crippen LogP contribution in [0, 0.1) is 20.2 Å². The number of hydrogen-bond acceptors (Lipinski definition) is 7. The van der Waals surface area contributed by atoms with E-state index in [9.17, 15) is 25.0 Å². The molecular weight excluding hydrogens is 320 g/mol. The second-order valence-electron chi connectivity index (χ2n) is 4.47. The van der Waals surface area contributed by atoms with Crippen LogP contribution in [-0.2, 0) is 4.84 Å². The number of benzene rings is 2. The molecule has 0 amide bonds. The van der Waals surface area contributed by atoms with Gasteiger partial charge in [0.15, 0.2) is 5.84 Å². The number of oxime groups is 1. The van der Waals surface area contributed by atoms with Crippen LogP contribution in [0.25, 0.3) is 0 Å². The Hall–Kier alpha value is -3.82. The summed E-state index contributed by atoms with van der Waals surface area (Å²) in [6.45, 7) is 0. The van der Waals surface area contributed by atoms with E-state index in [1.807, 2.05) is 0 Å². The molecule has 0 aliphatic carbocycles. The third kappa shape index (κ3) is 3.88. The highest BCUT2D eigenvalue weighted by molar-refractivity contribution is 5.98. The van der Waals surface area contributed by atoms with Crippen molar-refractivity contribution < 1.29 is 19.5 Å². The molecule has 0 fully saturated rings. The van der Waals surface area contributed by atoms with Gasteiger partial charge < -0.3 is 10.6 Å². The molecular formula is C14H10N4O6. The molecule has 0 aliphatic rings. The van der Waals surface area contributed by atoms with Crippen molar-refractivity contribution >= 4 is 23.2 Å². The van der Waals surface area contributed by atoms with Crippen LogP contribution in [-0.4, -0.2) is 21.7 Å². The number of nitro groups is 2. The number of amidine groups is 1. The fourth-order valence-electron chi connectivity index (χ4n) is 1.70. The number of carbonyl (C=O) groups excluding carboxylic acids is 1. The van der Waals surface area contributed by atoms with Crippen molar-refractivity contribution in [2.24, 2.45) is 10.9 Å². The fourth-order valence-corrected chi connectivity index (χ4v) is 1.70. The van der Waals surface area contributed by atoms with Crippen LogP contribution >= 0.6 is 0 Å². The van der Waals surface area contributed by atoms with Gasteiger partial charge in [-0.15, -0.1) is 0 Å². The second-order valence-corrected chi connectivity index (χ2v) is 4.47. The van der Waals surface area contributed by atoms with Gasteiger partial charge in [-0.3, -0.25) is 20.2 Å². The molecule has 2 N–H and O–H groups in total. The smallest absolute Gasteiger partial charge is 0.366 e. The maximum atomic E-state index is 11.8. The van der Waals surface area contributed by atoms with Gasteiger partial charge in [-0.05, 0) is 18.2 Å². The fraction of sp³-hybridized carbons (Fsp3) is 0. The Morgan fingerprint density at radius 2 is 1.58 bits per heavy atom. The van der Waals surface area contributed by atoms with Crippen LogP contribution in [0.3, 0.4) is 0 Å². The van der Waals surface area contributed by atoms with Gasteiger partial charge in [0.1, 0.15) is 0 Å². The van der Waals surface area contributed by atoms with Crippen LogP contribution in [0.4, 0.5) is 11.4 Å². The van der Waals surface area contributed by atoms with Crippen LogP contribution in [0.1, 0.15) is 15.9 Å². The highest BCUT2D eigenvalue weighted by atomic mass is 16.7. The van der Waals surface area contributed by atoms with Crippen molar-refractivity contribution in [3.8, 4) is 0 Å². The summed E-state index contributed by atoms with van der Waals surface area (Å²) in [5.41, 5.74) is 5.48. The van der Waals surface area contributed by atoms with E-state index >= 15 is 0 Å². The van der Waals surface area contributed by atoms with Crippen LogP contribution in [0.15, 0.2) is 53.7 Å². The third-order valence-electron chi connectivity index (χ3n) is 2.89. The summed E-state index contributed by atoms with van der Waals surface area (Å²) in [7, 11) is 0. The van der Waals surface area contributed by atoms with E-state index < -0.39 is 15.8 Å². The number of rotatable bonds is 5. The maximum absolute atomic E-state index is 11.8. The SMILES string of the molecule is N/C(=N\OC(=O)c1cccc([N+](=O)[O-])c1)c1ccc([N+](=O)[O-])cc1. The minimum Gasteiger partial charge on any atom is -0.380 e. The van der Waals surface area contributed by atoms with Crippen molar-refractivity contribution in [2.45, 2.75) is 0 Å². The third-order valence-corrected chi connectivity index (χ3v) is 2.89. The van der Waals surface area contributed by atoms with Crippen molar-refractivity contribution in [1.82, 2.24) is 0 Å². The Balaban J connectivity index is 2.11. The molecule has 10 heteroatoms. The Morgan fingerprint density at radius 1 is 0.958 bits per heavy atom. The van der Waals surface area contributed by atoms with Crippen LogP contribution in [0.5, 0.6) is 0 Å². The van der Waals surface area contributed by atoms with Gasteiger partial charge in [0.25, 0.3) is 11.4 Å². The molecule has 2 aromatic rings. The van der Waals surface area contributed by atoms with Gasteiger partial charge in [0.2, 0.25) is 0 Å². The number of nitrogens with zero attached hydrogens (tertiary/aromatic N) is 3. The Labute approximate surface area is 134 Å². The minimum atomic E-state index is -0.927. The lowest BCUT2D eigenvalue weighted by molar-refractivity contribution is -0.385. The second kappa shape index (κ2) is 6.96. The molecule has 10 nitrogen and oxygen atoms in total. The molecule has 2 rings (SSSR count). The Kier molecular flexibility index (Phi) is 4.80. The highest BCUT2D eigenvalue weighted by Crippen LogP contribution is 2.14. The topological polar surface area (TPSA) is 151 Å². The summed E-state index contributed by atoms with van der Waals surface area (Å²) in [6, 6.07) is 10.1. The van der Waals surface area contributed by atoms with Crippen molar-refractivity contribution in [3.05, 3.63) is 79.9 Å². The molecule has 0 aromatic heterocycles. The van der Waals surface area contributed by atoms with Crippen molar-refractivity contribution in [3.63, 3.8) is 0 Å². The molecule has 0 aliphatic heterocycles. The summed E-state index contributed by atoms with van der Waals surface area (Å²) in [4.78, 5) is 36.4. The zero-order valence-electron chi connectivity index (χ0n) is 12.0. The van der Waals surface area contributed by atoms with Gasteiger partial charge in [-0.1, -0.05) is 11.2 Å². The molecule has 122 valence electrons. The van der Waals surface area contributed by atoms with E-state index in [0.29, 0.717) is 5.56 Å². The van der Waals surface area contributed by atoms with E-state index in [4.69, 9.17) is 5.73 Å². The van der Waals surface area contributed by atoms with Crippen LogP contribution < -0.4 is 5.73 Å². The first-order chi connectivity index (χ1) is 11.4. The Bertz CT molecular complexity index is 831. The average molecular weight is 330 g/mol. The first-order valence-corrected chi connectivity index (χ1v) is 6.42. The van der Waals surface area contributed by atoms with E-state index in [-0.39, 0.29) is 22.8 Å². The largest absolute Gasteiger partial charge is 0.380 e. The first-order valence-electron chi connectivity index (χ1n) is 6.42. The molecule has 2 aromatic carbocycles. The van der Waals surface area contributed by atoms with Gasteiger partial charge in [0, 0.05) is 29.8 Å². The van der Waals surface area contributed by atoms with Crippen LogP contribution in [0.2, 0.25) is 0 Å². The molecule has 0 unspecified atom stereocenters. The number of hydrogen-bond donors (Lipinski definition) is 1. The van der Waals surface area contributed by atoms with Gasteiger partial charge >= 0.3 is 5.97 Å². The lowest BCUT2D eigenvalue weighted by atomic mass is 10.2. The molecule has 0 saturated heterocycles. The summed E-state index contributed by atoms with van der Waals surface area (Å²) < 4.78 is 0. The zero-order valence-corrected chi connectivity index (χ0v) is 12.0. The van der Waals surface area contributed by atoms with E-state index in [2.05, 4.69) is 9.99 Å². The quantitative estimate of drug-likeness (QED) is 0.289. The first kappa shape index (κ1) is 16.5. The zero-order chi connectivity index (χ0) is 17.7. The van der Waals surface area contributed by atoms with Gasteiger partial charge in [-0.2, -0.15) is 0 Å². The highest BCUT2D eigenvalue weighted by Gasteiger charge is 2.13. The molecule has 0 spiro atoms. The lowest BCUT2D eigenvalue weighted by Gasteiger charge is -2.01. The molecule has 0 saturated carbocycles. The summed E-state index contributed by atoms with van der Waals surface area (Å²) in [5, 5.41) is 24.6. The molecule has 0 atom stereocenters. The number of nitro benzene ring substituents is 2. The predicted molar refractivity (Wildman–Crippen MR) is 82.3 cm³/mol. The number of non-ortho nitro benzene ring substituents is 2. The van der Waals surface area contributed by atoms with Crippen molar-refractivity contribution in [1.29, 1.82) is 0 Å². The van der Waals surface area contributed by atoms with Gasteiger partial charge in [-0.25, -0.2) is 4.79 Å². The number of carbonyl (C=O) groups is 1. The van der Waals surface area contributed by atoms with Gasteiger partial charge in [0.05, 0.1) is 15.4 Å². The summed E-state index contributed by atoms with van der Waals surface area (Å²) in [5.74, 6) is -1.10. The normalized spacial score (nSPS) is 10.9. The molecule has 24 heavy (non-hydrogen) atoms. The standard InChI is InChI=1S/C14H10N4O6/c15-13(9-4-6-11(7-5-9)17(20)21)16-24-14(19)10-2-1-3-12(8-10)18(22)23/h1-8H,(H2,15,16). The molecule has 0 bridgehead atoms. The minimum absolute atomic E-state index is 0.0653. The van der Waals surface area contributed by atoms with E-state index in [1.165, 1.54) is 42.5 Å². The number of nitrogens with two attached hydrogens (primary N) is 1. The monoisotopic (exact) mass is 330 g/mol. The summed E-state index contributed by atoms with van der Waals surface area (Å²) in [6.07, 6.45) is 0. The Morgan fingerprint density at radius 3 is 2.17 bits per heavy atom. The lowest BCUT2D eigenvalue weighted by Crippen LogP contribution is -2.15.